The number of nitrogens with zero attached hydrogens (tertiary/aromatic N) is 2. The summed E-state index contributed by atoms with van der Waals surface area (Å²) < 4.78 is 88.7. The molecule has 0 bridgehead atoms. The molecule has 2 heterocycles. The van der Waals surface area contributed by atoms with Crippen LogP contribution in [0.3, 0.4) is 0 Å². The van der Waals surface area contributed by atoms with Crippen molar-refractivity contribution in [1.29, 1.82) is 0 Å². The molecule has 2 aromatic heterocycles. The summed E-state index contributed by atoms with van der Waals surface area (Å²) in [5.74, 6) is -1.11. The van der Waals surface area contributed by atoms with E-state index in [1.807, 2.05) is 0 Å². The lowest BCUT2D eigenvalue weighted by atomic mass is 9.96. The molecule has 13 heteroatoms. The number of furan rings is 1. The van der Waals surface area contributed by atoms with Crippen LogP contribution in [-0.4, -0.2) is 51.9 Å². The molecule has 0 fully saturated rings. The molecule has 0 unspecified atom stereocenters. The zero-order chi connectivity index (χ0) is 34.5. The zero-order valence-corrected chi connectivity index (χ0v) is 27.3. The second-order valence-electron chi connectivity index (χ2n) is 11.8. The lowest BCUT2D eigenvalue weighted by Gasteiger charge is -2.29. The first-order chi connectivity index (χ1) is 22.7. The molecule has 0 saturated carbocycles. The Labute approximate surface area is 274 Å². The minimum Gasteiger partial charge on any atom is -0.496 e. The van der Waals surface area contributed by atoms with Gasteiger partial charge in [0.05, 0.1) is 36.7 Å². The van der Waals surface area contributed by atoms with Gasteiger partial charge in [-0.15, -0.1) is 0 Å². The topological polar surface area (TPSA) is 115 Å². The van der Waals surface area contributed by atoms with Gasteiger partial charge in [-0.1, -0.05) is 12.1 Å². The molecule has 48 heavy (non-hydrogen) atoms. The van der Waals surface area contributed by atoms with E-state index < -0.39 is 39.8 Å². The van der Waals surface area contributed by atoms with Gasteiger partial charge in [0.2, 0.25) is 15.9 Å². The first kappa shape index (κ1) is 32.6. The number of amides is 1. The van der Waals surface area contributed by atoms with Gasteiger partial charge in [0, 0.05) is 29.6 Å². The molecule has 248 valence electrons. The van der Waals surface area contributed by atoms with E-state index in [4.69, 9.17) is 13.6 Å². The number of para-hydroxylation sites is 1. The van der Waals surface area contributed by atoms with Gasteiger partial charge in [0.1, 0.15) is 34.1 Å². The predicted octanol–water partition coefficient (Wildman–Crippen LogP) is 7.74. The van der Waals surface area contributed by atoms with Crippen molar-refractivity contribution in [2.45, 2.75) is 19.5 Å². The maximum atomic E-state index is 15.2. The number of aromatic nitrogens is 1. The van der Waals surface area contributed by atoms with Crippen LogP contribution in [0.2, 0.25) is 0 Å². The first-order valence-corrected chi connectivity index (χ1v) is 16.5. The zero-order valence-electron chi connectivity index (χ0n) is 26.5. The van der Waals surface area contributed by atoms with E-state index >= 15 is 4.39 Å². The standard InChI is InChI=1S/C35H30F3N3O6S/c1-35(2,38)18-41(48(5,43)44)26-17-29-23(30(33(42)39-3)32(46-29)19-9-12-21(36)13-10-19)16-22(26)20-11-14-27(45-4)24(15-20)34-40-31-25(37)7-6-8-28(31)47-34/h6-17H,18H2,1-5H3,(H,39,42). The normalized spacial score (nSPS) is 12.1. The maximum Gasteiger partial charge on any atom is 0.255 e. The summed E-state index contributed by atoms with van der Waals surface area (Å²) in [6.45, 7) is 1.96. The summed E-state index contributed by atoms with van der Waals surface area (Å²) in [5, 5.41) is 2.91. The fraction of sp³-hybridized carbons (Fsp3) is 0.200. The highest BCUT2D eigenvalue weighted by atomic mass is 32.2. The lowest BCUT2D eigenvalue weighted by molar-refractivity contribution is 0.0964. The summed E-state index contributed by atoms with van der Waals surface area (Å²) in [6, 6.07) is 17.5. The van der Waals surface area contributed by atoms with E-state index in [1.54, 1.807) is 30.3 Å². The van der Waals surface area contributed by atoms with Gasteiger partial charge in [-0.25, -0.2) is 26.6 Å². The van der Waals surface area contributed by atoms with Crippen LogP contribution in [0.5, 0.6) is 5.75 Å². The molecule has 9 nitrogen and oxygen atoms in total. The number of anilines is 1. The molecule has 0 saturated heterocycles. The first-order valence-electron chi connectivity index (χ1n) is 14.7. The van der Waals surface area contributed by atoms with E-state index in [9.17, 15) is 22.0 Å². The predicted molar refractivity (Wildman–Crippen MR) is 177 cm³/mol. The van der Waals surface area contributed by atoms with Crippen molar-refractivity contribution >= 4 is 43.7 Å². The Morgan fingerprint density at radius 2 is 1.67 bits per heavy atom. The number of sulfonamides is 1. The van der Waals surface area contributed by atoms with Crippen LogP contribution in [-0.2, 0) is 10.0 Å². The smallest absolute Gasteiger partial charge is 0.255 e. The molecular formula is C35H30F3N3O6S. The van der Waals surface area contributed by atoms with E-state index in [0.717, 1.165) is 10.6 Å². The van der Waals surface area contributed by atoms with Crippen LogP contribution in [0.15, 0.2) is 81.6 Å². The molecule has 0 aliphatic carbocycles. The second-order valence-corrected chi connectivity index (χ2v) is 13.7. The Hall–Kier alpha value is -5.30. The van der Waals surface area contributed by atoms with Crippen molar-refractivity contribution < 1.29 is 40.0 Å². The number of rotatable bonds is 9. The number of oxazole rings is 1. The Morgan fingerprint density at radius 3 is 2.29 bits per heavy atom. The van der Waals surface area contributed by atoms with Crippen LogP contribution in [0.25, 0.3) is 56.0 Å². The van der Waals surface area contributed by atoms with E-state index in [2.05, 4.69) is 10.3 Å². The average Bonchev–Trinajstić information content (AvgIpc) is 3.64. The number of carbonyl (C=O) groups is 1. The van der Waals surface area contributed by atoms with E-state index in [1.165, 1.54) is 70.5 Å². The second kappa shape index (κ2) is 12.1. The summed E-state index contributed by atoms with van der Waals surface area (Å²) >= 11 is 0. The molecule has 0 aliphatic rings. The van der Waals surface area contributed by atoms with Gasteiger partial charge in [0.25, 0.3) is 5.91 Å². The highest BCUT2D eigenvalue weighted by Crippen LogP contribution is 2.44. The molecule has 1 N–H and O–H groups in total. The van der Waals surface area contributed by atoms with Crippen LogP contribution in [0, 0.1) is 11.6 Å². The number of fused-ring (bicyclic) bond motifs is 2. The fourth-order valence-corrected chi connectivity index (χ4v) is 6.57. The Morgan fingerprint density at radius 1 is 0.958 bits per heavy atom. The van der Waals surface area contributed by atoms with Crippen molar-refractivity contribution in [3.63, 3.8) is 0 Å². The summed E-state index contributed by atoms with van der Waals surface area (Å²) in [4.78, 5) is 17.7. The molecule has 6 rings (SSSR count). The molecule has 1 amide bonds. The molecule has 4 aromatic carbocycles. The molecule has 0 aliphatic heterocycles. The third kappa shape index (κ3) is 6.08. The Kier molecular flexibility index (Phi) is 8.20. The van der Waals surface area contributed by atoms with Crippen molar-refractivity contribution in [2.24, 2.45) is 0 Å². The third-order valence-corrected chi connectivity index (χ3v) is 8.79. The molecular weight excluding hydrogens is 647 g/mol. The average molecular weight is 678 g/mol. The van der Waals surface area contributed by atoms with Gasteiger partial charge in [-0.05, 0) is 74.0 Å². The van der Waals surface area contributed by atoms with Gasteiger partial charge in [-0.3, -0.25) is 9.10 Å². The lowest BCUT2D eigenvalue weighted by Crippen LogP contribution is -2.40. The number of carbonyl (C=O) groups excluding carboxylic acids is 1. The van der Waals surface area contributed by atoms with Gasteiger partial charge >= 0.3 is 0 Å². The number of hydrogen-bond donors (Lipinski definition) is 1. The van der Waals surface area contributed by atoms with Crippen LogP contribution in [0.1, 0.15) is 24.2 Å². The number of ether oxygens (including phenoxy) is 1. The Bertz CT molecular complexity index is 2310. The van der Waals surface area contributed by atoms with Crippen molar-refractivity contribution in [3.8, 4) is 39.7 Å². The molecule has 0 radical (unpaired) electrons. The minimum atomic E-state index is -4.10. The summed E-state index contributed by atoms with van der Waals surface area (Å²) in [5.41, 5.74) is -0.0489. The molecule has 0 spiro atoms. The SMILES string of the molecule is CNC(=O)c1c(-c2ccc(F)cc2)oc2cc(N(CC(C)(C)F)S(C)(=O)=O)c(-c3ccc(OC)c(-c4nc5c(F)cccc5o4)c3)cc12. The molecule has 0 atom stereocenters. The number of benzene rings is 4. The fourth-order valence-electron chi connectivity index (χ4n) is 5.52. The highest BCUT2D eigenvalue weighted by molar-refractivity contribution is 7.92. The summed E-state index contributed by atoms with van der Waals surface area (Å²) in [6.07, 6.45) is 0.959. The number of halogens is 3. The number of hydrogen-bond acceptors (Lipinski definition) is 7. The number of nitrogens with one attached hydrogen (secondary N) is 1. The third-order valence-electron chi connectivity index (χ3n) is 7.67. The Balaban J connectivity index is 1.68. The highest BCUT2D eigenvalue weighted by Gasteiger charge is 2.32. The van der Waals surface area contributed by atoms with Crippen LogP contribution >= 0.6 is 0 Å². The van der Waals surface area contributed by atoms with Crippen molar-refractivity contribution in [1.82, 2.24) is 10.3 Å². The van der Waals surface area contributed by atoms with Crippen LogP contribution < -0.4 is 14.4 Å². The van der Waals surface area contributed by atoms with Crippen molar-refractivity contribution in [3.05, 3.63) is 90.0 Å². The van der Waals surface area contributed by atoms with Gasteiger partial charge in [0.15, 0.2) is 11.4 Å². The number of methoxy groups -OCH3 is 1. The van der Waals surface area contributed by atoms with Crippen LogP contribution in [0.4, 0.5) is 18.9 Å². The minimum absolute atomic E-state index is 0.0115. The quantitative estimate of drug-likeness (QED) is 0.167. The van der Waals surface area contributed by atoms with Gasteiger partial charge in [-0.2, -0.15) is 0 Å². The number of alkyl halides is 1. The van der Waals surface area contributed by atoms with E-state index in [0.29, 0.717) is 27.8 Å². The monoisotopic (exact) mass is 677 g/mol. The maximum absolute atomic E-state index is 15.2. The molecule has 6 aromatic rings. The van der Waals surface area contributed by atoms with Gasteiger partial charge < -0.3 is 18.9 Å². The largest absolute Gasteiger partial charge is 0.496 e. The van der Waals surface area contributed by atoms with E-state index in [-0.39, 0.29) is 45.1 Å². The summed E-state index contributed by atoms with van der Waals surface area (Å²) in [7, 11) is -1.22. The van der Waals surface area contributed by atoms with Crippen molar-refractivity contribution in [2.75, 3.05) is 31.3 Å².